The van der Waals surface area contributed by atoms with Crippen LogP contribution in [0.5, 0.6) is 0 Å². The largest absolute Gasteiger partial charge is 0.409 e. The number of nitrogens with zero attached hydrogens (tertiary/aromatic N) is 5. The fraction of sp³-hybridized carbons (Fsp3) is 0.238. The van der Waals surface area contributed by atoms with Crippen LogP contribution in [0, 0.1) is 41.2 Å². The van der Waals surface area contributed by atoms with Gasteiger partial charge in [-0.1, -0.05) is 46.1 Å². The van der Waals surface area contributed by atoms with Crippen molar-refractivity contribution >= 4 is 22.7 Å². The zero-order valence-corrected chi connectivity index (χ0v) is 30.6. The number of carbonyl (C=O) groups excluding carboxylic acids is 1. The molecule has 0 saturated carbocycles. The van der Waals surface area contributed by atoms with Crippen LogP contribution in [0.1, 0.15) is 52.5 Å². The Hall–Kier alpha value is -5.85. The van der Waals surface area contributed by atoms with E-state index in [-0.39, 0.29) is 28.6 Å². The van der Waals surface area contributed by atoms with Gasteiger partial charge in [-0.05, 0) is 137 Å². The minimum absolute atomic E-state index is 0.0460. The Kier molecular flexibility index (Phi) is 14.1. The van der Waals surface area contributed by atoms with E-state index in [9.17, 15) is 13.6 Å². The first-order valence-corrected chi connectivity index (χ1v) is 17.6. The second-order valence-corrected chi connectivity index (χ2v) is 13.3. The monoisotopic (exact) mass is 748 g/mol. The number of carbonyl (C=O) groups is 1. The Morgan fingerprint density at radius 2 is 1.35 bits per heavy atom. The average molecular weight is 749 g/mol. The van der Waals surface area contributed by atoms with E-state index in [1.807, 2.05) is 31.3 Å². The van der Waals surface area contributed by atoms with Crippen molar-refractivity contribution in [3.05, 3.63) is 142 Å². The van der Waals surface area contributed by atoms with Gasteiger partial charge in [-0.3, -0.25) is 4.79 Å². The Morgan fingerprint density at radius 3 is 1.81 bits per heavy atom. The Labute approximate surface area is 318 Å². The maximum atomic E-state index is 13.2. The molecule has 0 radical (unpaired) electrons. The molecule has 7 rings (SSSR count). The molecule has 0 bridgehead atoms. The highest BCUT2D eigenvalue weighted by Crippen LogP contribution is 2.27. The number of oxime groups is 1. The van der Waals surface area contributed by atoms with Crippen molar-refractivity contribution in [2.24, 2.45) is 16.8 Å². The number of halogens is 3. The van der Waals surface area contributed by atoms with Crippen LogP contribution in [0.4, 0.5) is 8.78 Å². The van der Waals surface area contributed by atoms with Gasteiger partial charge in [0.05, 0.1) is 5.92 Å². The van der Waals surface area contributed by atoms with Gasteiger partial charge in [0.2, 0.25) is 17.0 Å². The lowest BCUT2D eigenvalue weighted by Gasteiger charge is -2.05. The number of hydrogen-bond donors (Lipinski definition) is 2. The second kappa shape index (κ2) is 19.3. The van der Waals surface area contributed by atoms with E-state index >= 15 is 0 Å². The van der Waals surface area contributed by atoms with Crippen LogP contribution < -0.4 is 5.73 Å². The van der Waals surface area contributed by atoms with Gasteiger partial charge in [-0.25, -0.2) is 8.78 Å². The summed E-state index contributed by atoms with van der Waals surface area (Å²) in [5, 5.41) is 15.4. The van der Waals surface area contributed by atoms with Crippen molar-refractivity contribution in [3.63, 3.8) is 0 Å². The van der Waals surface area contributed by atoms with E-state index < -0.39 is 0 Å². The number of rotatable bonds is 4. The molecule has 276 valence electrons. The summed E-state index contributed by atoms with van der Waals surface area (Å²) in [5.74, 6) is 12.9. The predicted molar refractivity (Wildman–Crippen MR) is 205 cm³/mol. The molecule has 2 aliphatic heterocycles. The van der Waals surface area contributed by atoms with Crippen LogP contribution in [-0.4, -0.2) is 76.5 Å². The van der Waals surface area contributed by atoms with Crippen LogP contribution in [0.3, 0.4) is 0 Å². The lowest BCUT2D eigenvalue weighted by Crippen LogP contribution is -2.16. The molecule has 2 saturated heterocycles. The lowest BCUT2D eigenvalue weighted by atomic mass is 10.1. The highest BCUT2D eigenvalue weighted by atomic mass is 35.5. The van der Waals surface area contributed by atoms with Crippen LogP contribution in [0.15, 0.2) is 107 Å². The maximum absolute atomic E-state index is 13.2. The Bertz CT molecular complexity index is 2190. The van der Waals surface area contributed by atoms with Gasteiger partial charge < -0.3 is 25.3 Å². The molecule has 4 aromatic carbocycles. The number of likely N-dealkylation sites (N-methyl/N-ethyl adjacent to an activating group) is 1. The van der Waals surface area contributed by atoms with Crippen molar-refractivity contribution in [1.29, 1.82) is 0 Å². The minimum atomic E-state index is -0.311. The molecule has 54 heavy (non-hydrogen) atoms. The first kappa shape index (κ1) is 39.4. The third-order valence-electron chi connectivity index (χ3n) is 8.68. The SMILES string of the molecule is CN1CCC(C(=O)Cl)C1.CN1CCC(c2nc(-c3ccc(C#Cc4cccc(F)c4)cc3)no2)C1.N/C(=N\O)c1ccc(C#Cc2cccc(F)c2)cc1. The van der Waals surface area contributed by atoms with E-state index in [1.165, 1.54) is 24.3 Å². The fourth-order valence-electron chi connectivity index (χ4n) is 5.68. The molecule has 2 unspecified atom stereocenters. The molecule has 2 fully saturated rings. The van der Waals surface area contributed by atoms with E-state index in [0.29, 0.717) is 34.3 Å². The van der Waals surface area contributed by atoms with Gasteiger partial charge in [0.25, 0.3) is 0 Å². The standard InChI is InChI=1S/C21H18FN3O.C15H11FN2O.C6H10ClNO/c1-25-12-11-18(14-25)21-23-20(24-26-21)17-9-7-15(8-10-17)5-6-16-3-2-4-19(22)13-16;16-14-3-1-2-12(10-14)5-4-11-6-8-13(9-7-11)15(17)18-19;1-8-3-2-5(4-8)6(7)9/h2-4,7-10,13,18H,11-12,14H2,1H3;1-3,6-10,19H,(H2,17,18);5H,2-4H2,1H3. The summed E-state index contributed by atoms with van der Waals surface area (Å²) < 4.78 is 31.6. The first-order valence-electron chi connectivity index (χ1n) is 17.2. The van der Waals surface area contributed by atoms with Crippen molar-refractivity contribution in [2.75, 3.05) is 40.3 Å². The molecule has 5 aromatic rings. The number of amidine groups is 1. The molecule has 2 atom stereocenters. The highest BCUT2D eigenvalue weighted by Gasteiger charge is 2.26. The van der Waals surface area contributed by atoms with Crippen molar-refractivity contribution in [1.82, 2.24) is 19.9 Å². The van der Waals surface area contributed by atoms with E-state index in [0.717, 1.165) is 55.7 Å². The zero-order valence-electron chi connectivity index (χ0n) is 29.8. The number of hydrogen-bond acceptors (Lipinski definition) is 8. The van der Waals surface area contributed by atoms with E-state index in [4.69, 9.17) is 27.1 Å². The smallest absolute Gasteiger partial charge is 0.231 e. The number of aromatic nitrogens is 2. The third kappa shape index (κ3) is 11.8. The average Bonchev–Trinajstić information content (AvgIpc) is 3.96. The Balaban J connectivity index is 0.000000175. The molecule has 12 heteroatoms. The lowest BCUT2D eigenvalue weighted by molar-refractivity contribution is -0.114. The number of likely N-dealkylation sites (tertiary alicyclic amines) is 2. The van der Waals surface area contributed by atoms with Crippen molar-refractivity contribution in [3.8, 4) is 35.1 Å². The quantitative estimate of drug-likeness (QED) is 0.0520. The fourth-order valence-corrected chi connectivity index (χ4v) is 5.86. The topological polar surface area (TPSA) is 121 Å². The summed E-state index contributed by atoms with van der Waals surface area (Å²) in [6.07, 6.45) is 1.98. The van der Waals surface area contributed by atoms with Gasteiger partial charge >= 0.3 is 0 Å². The Morgan fingerprint density at radius 1 is 0.815 bits per heavy atom. The third-order valence-corrected chi connectivity index (χ3v) is 8.99. The molecule has 3 N–H and O–H groups in total. The van der Waals surface area contributed by atoms with Gasteiger partial charge in [-0.2, -0.15) is 4.98 Å². The van der Waals surface area contributed by atoms with Crippen molar-refractivity contribution in [2.45, 2.75) is 18.8 Å². The predicted octanol–water partition coefficient (Wildman–Crippen LogP) is 6.72. The van der Waals surface area contributed by atoms with Gasteiger partial charge in [0.15, 0.2) is 5.84 Å². The van der Waals surface area contributed by atoms with Gasteiger partial charge in [-0.15, -0.1) is 0 Å². The summed E-state index contributed by atoms with van der Waals surface area (Å²) in [4.78, 5) is 19.5. The minimum Gasteiger partial charge on any atom is -0.409 e. The summed E-state index contributed by atoms with van der Waals surface area (Å²) in [7, 11) is 4.10. The van der Waals surface area contributed by atoms with E-state index in [2.05, 4.69) is 55.8 Å². The molecular formula is C42H39ClF2N6O3. The maximum Gasteiger partial charge on any atom is 0.231 e. The van der Waals surface area contributed by atoms with Crippen LogP contribution in [0.25, 0.3) is 11.4 Å². The van der Waals surface area contributed by atoms with Gasteiger partial charge in [0.1, 0.15) is 11.6 Å². The summed E-state index contributed by atoms with van der Waals surface area (Å²) in [6, 6.07) is 26.9. The van der Waals surface area contributed by atoms with Crippen LogP contribution in [-0.2, 0) is 4.79 Å². The van der Waals surface area contributed by atoms with Gasteiger partial charge in [0, 0.05) is 52.4 Å². The molecule has 3 heterocycles. The highest BCUT2D eigenvalue weighted by molar-refractivity contribution is 6.64. The molecule has 9 nitrogen and oxygen atoms in total. The number of nitrogens with two attached hydrogens (primary N) is 1. The molecule has 1 aromatic heterocycles. The zero-order chi connectivity index (χ0) is 38.5. The second-order valence-electron chi connectivity index (χ2n) is 12.9. The molecule has 0 amide bonds. The normalized spacial score (nSPS) is 16.8. The summed E-state index contributed by atoms with van der Waals surface area (Å²) in [6.45, 7) is 3.85. The first-order chi connectivity index (χ1) is 26.1. The van der Waals surface area contributed by atoms with Crippen molar-refractivity contribution < 1.29 is 23.3 Å². The molecule has 0 aliphatic carbocycles. The summed E-state index contributed by atoms with van der Waals surface area (Å²) >= 11 is 5.28. The van der Waals surface area contributed by atoms with Crippen LogP contribution >= 0.6 is 11.6 Å². The molecule has 0 spiro atoms. The molecular weight excluding hydrogens is 710 g/mol. The summed E-state index contributed by atoms with van der Waals surface area (Å²) in [5.41, 5.74) is 9.82. The molecule has 2 aliphatic rings. The van der Waals surface area contributed by atoms with Crippen LogP contribution in [0.2, 0.25) is 0 Å². The van der Waals surface area contributed by atoms with E-state index in [1.54, 1.807) is 48.5 Å². The number of benzene rings is 4.